The number of halogens is 3. The van der Waals surface area contributed by atoms with Crippen LogP contribution in [0.3, 0.4) is 0 Å². The minimum atomic E-state index is -5.01. The largest absolute Gasteiger partial charge is 0.522 e. The fourth-order valence-electron chi connectivity index (χ4n) is 5.14. The Morgan fingerprint density at radius 3 is 2.55 bits per heavy atom. The Hall–Kier alpha value is -2.21. The van der Waals surface area contributed by atoms with Crippen molar-refractivity contribution in [3.05, 3.63) is 0 Å². The van der Waals surface area contributed by atoms with Crippen LogP contribution in [-0.4, -0.2) is 72.6 Å². The van der Waals surface area contributed by atoms with E-state index in [-0.39, 0.29) is 35.5 Å². The number of nitrogens with two attached hydrogens (primary N) is 1. The number of alkyl halides is 3. The molecule has 0 radical (unpaired) electrons. The van der Waals surface area contributed by atoms with Crippen molar-refractivity contribution in [2.45, 2.75) is 64.5 Å². The maximum Gasteiger partial charge on any atom is 0.522 e. The summed E-state index contributed by atoms with van der Waals surface area (Å²) in [6.07, 6.45) is -4.37. The van der Waals surface area contributed by atoms with Gasteiger partial charge in [-0.15, -0.1) is 13.2 Å². The lowest BCUT2D eigenvalue weighted by atomic mass is 9.94. The van der Waals surface area contributed by atoms with E-state index >= 15 is 0 Å². The molecule has 3 rings (SSSR count). The number of ketones is 1. The van der Waals surface area contributed by atoms with Crippen LogP contribution in [0.2, 0.25) is 0 Å². The molecular formula is C21H31F3N4O5. The molecule has 3 amide bonds. The molecule has 2 aliphatic heterocycles. The molecule has 12 heteroatoms. The van der Waals surface area contributed by atoms with Crippen LogP contribution in [0.1, 0.15) is 40.0 Å². The molecule has 0 aromatic carbocycles. The predicted molar refractivity (Wildman–Crippen MR) is 109 cm³/mol. The molecule has 0 spiro atoms. The van der Waals surface area contributed by atoms with Crippen LogP contribution in [-0.2, 0) is 23.9 Å². The molecule has 3 fully saturated rings. The van der Waals surface area contributed by atoms with E-state index in [9.17, 15) is 32.3 Å². The molecule has 2 heterocycles. The average Bonchev–Trinajstić information content (AvgIpc) is 3.11. The second-order valence-electron chi connectivity index (χ2n) is 9.68. The van der Waals surface area contributed by atoms with Gasteiger partial charge in [-0.2, -0.15) is 0 Å². The number of carbonyl (C=O) groups excluding carboxylic acids is 4. The number of piperidine rings is 1. The van der Waals surface area contributed by atoms with Crippen molar-refractivity contribution in [1.82, 2.24) is 15.5 Å². The molecule has 3 aliphatic rings. The van der Waals surface area contributed by atoms with Gasteiger partial charge in [-0.1, -0.05) is 20.8 Å². The summed E-state index contributed by atoms with van der Waals surface area (Å²) >= 11 is 0. The lowest BCUT2D eigenvalue weighted by Gasteiger charge is -2.33. The summed E-state index contributed by atoms with van der Waals surface area (Å²) in [5.74, 6) is -3.01. The van der Waals surface area contributed by atoms with Crippen LogP contribution in [0.4, 0.5) is 13.2 Å². The molecule has 0 aromatic heterocycles. The first-order valence-electron chi connectivity index (χ1n) is 11.2. The Morgan fingerprint density at radius 1 is 1.33 bits per heavy atom. The smallest absolute Gasteiger partial charge is 0.356 e. The monoisotopic (exact) mass is 476 g/mol. The van der Waals surface area contributed by atoms with E-state index in [1.165, 1.54) is 4.90 Å². The standard InChI is InChI=1S/C21H31F3N4O5/c1-4-12(25)19(32)28-8-11-15(20(11,2)3)16(28)18(31)27-13(7-10-5-6-26-17(10)30)14(29)9-33-21(22,23)24/h10-13,15-16H,4-9,25H2,1-3H3,(H,26,30)(H,27,31)/t10-,11-,12+,13-,15-,16-/m0/s1. The maximum absolute atomic E-state index is 13.3. The normalized spacial score (nSPS) is 29.8. The summed E-state index contributed by atoms with van der Waals surface area (Å²) in [7, 11) is 0. The Labute approximate surface area is 189 Å². The molecule has 1 saturated carbocycles. The van der Waals surface area contributed by atoms with Crippen molar-refractivity contribution in [2.75, 3.05) is 19.7 Å². The van der Waals surface area contributed by atoms with E-state index in [0.717, 1.165) is 0 Å². The summed E-state index contributed by atoms with van der Waals surface area (Å²) in [4.78, 5) is 52.0. The summed E-state index contributed by atoms with van der Waals surface area (Å²) in [5, 5.41) is 5.13. The molecular weight excluding hydrogens is 445 g/mol. The van der Waals surface area contributed by atoms with Crippen molar-refractivity contribution in [1.29, 1.82) is 0 Å². The van der Waals surface area contributed by atoms with Gasteiger partial charge in [0.15, 0.2) is 5.78 Å². The third-order valence-electron chi connectivity index (χ3n) is 7.28. The fraction of sp³-hybridized carbons (Fsp3) is 0.810. The van der Waals surface area contributed by atoms with Gasteiger partial charge < -0.3 is 21.3 Å². The van der Waals surface area contributed by atoms with Gasteiger partial charge in [0.25, 0.3) is 0 Å². The average molecular weight is 476 g/mol. The SMILES string of the molecule is CC[C@@H](N)C(=O)N1C[C@H]2[C@@H]([C@H]1C(=O)N[C@@H](C[C@@H]1CCNC1=O)C(=O)COC(F)(F)F)C2(C)C. The summed E-state index contributed by atoms with van der Waals surface area (Å²) < 4.78 is 41.0. The Kier molecular flexibility index (Phi) is 7.09. The minimum Gasteiger partial charge on any atom is -0.356 e. The number of ether oxygens (including phenoxy) is 1. The highest BCUT2D eigenvalue weighted by Crippen LogP contribution is 2.64. The van der Waals surface area contributed by atoms with Crippen LogP contribution >= 0.6 is 0 Å². The molecule has 6 atom stereocenters. The third kappa shape index (κ3) is 5.32. The van der Waals surface area contributed by atoms with Crippen LogP contribution < -0.4 is 16.4 Å². The molecule has 186 valence electrons. The van der Waals surface area contributed by atoms with Crippen molar-refractivity contribution >= 4 is 23.5 Å². The number of hydrogen-bond acceptors (Lipinski definition) is 6. The van der Waals surface area contributed by atoms with Crippen molar-refractivity contribution in [3.63, 3.8) is 0 Å². The second-order valence-corrected chi connectivity index (χ2v) is 9.68. The summed E-state index contributed by atoms with van der Waals surface area (Å²) in [6, 6.07) is -3.02. The highest BCUT2D eigenvalue weighted by atomic mass is 19.4. The number of carbonyl (C=O) groups is 4. The molecule has 4 N–H and O–H groups in total. The Morgan fingerprint density at radius 2 is 2.00 bits per heavy atom. The van der Waals surface area contributed by atoms with Gasteiger partial charge in [-0.3, -0.25) is 23.9 Å². The van der Waals surface area contributed by atoms with Crippen LogP contribution in [0, 0.1) is 23.2 Å². The van der Waals surface area contributed by atoms with Crippen LogP contribution in [0.5, 0.6) is 0 Å². The molecule has 33 heavy (non-hydrogen) atoms. The quantitative estimate of drug-likeness (QED) is 0.440. The fourth-order valence-corrected chi connectivity index (χ4v) is 5.14. The van der Waals surface area contributed by atoms with Gasteiger partial charge in [0.05, 0.1) is 12.1 Å². The number of amides is 3. The first-order chi connectivity index (χ1) is 15.3. The molecule has 0 bridgehead atoms. The zero-order valence-electron chi connectivity index (χ0n) is 18.9. The van der Waals surface area contributed by atoms with Crippen molar-refractivity contribution in [3.8, 4) is 0 Å². The molecule has 2 saturated heterocycles. The van der Waals surface area contributed by atoms with Gasteiger partial charge in [0.2, 0.25) is 17.7 Å². The molecule has 1 aliphatic carbocycles. The van der Waals surface area contributed by atoms with Gasteiger partial charge in [0.1, 0.15) is 12.6 Å². The number of hydrogen-bond donors (Lipinski definition) is 3. The molecule has 9 nitrogen and oxygen atoms in total. The first-order valence-corrected chi connectivity index (χ1v) is 11.2. The Balaban J connectivity index is 1.77. The summed E-state index contributed by atoms with van der Waals surface area (Å²) in [6.45, 7) is 5.16. The predicted octanol–water partition coefficient (Wildman–Crippen LogP) is 0.323. The lowest BCUT2D eigenvalue weighted by Crippen LogP contribution is -2.56. The van der Waals surface area contributed by atoms with Gasteiger partial charge in [-0.25, -0.2) is 0 Å². The van der Waals surface area contributed by atoms with E-state index in [2.05, 4.69) is 15.4 Å². The van der Waals surface area contributed by atoms with E-state index in [1.54, 1.807) is 6.92 Å². The number of Topliss-reactive ketones (excluding diaryl/α,β-unsaturated/α-hetero) is 1. The zero-order valence-corrected chi connectivity index (χ0v) is 18.9. The van der Waals surface area contributed by atoms with Gasteiger partial charge in [0, 0.05) is 19.0 Å². The number of nitrogens with one attached hydrogen (secondary N) is 2. The molecule has 0 unspecified atom stereocenters. The first kappa shape index (κ1) is 25.4. The second kappa shape index (κ2) is 9.21. The van der Waals surface area contributed by atoms with Crippen LogP contribution in [0.15, 0.2) is 0 Å². The molecule has 0 aromatic rings. The number of nitrogens with zero attached hydrogens (tertiary/aromatic N) is 1. The highest BCUT2D eigenvalue weighted by molar-refractivity contribution is 5.95. The van der Waals surface area contributed by atoms with E-state index in [4.69, 9.17) is 5.73 Å². The van der Waals surface area contributed by atoms with E-state index < -0.39 is 48.7 Å². The van der Waals surface area contributed by atoms with Gasteiger partial charge in [-0.05, 0) is 36.5 Å². The van der Waals surface area contributed by atoms with E-state index in [0.29, 0.717) is 25.9 Å². The third-order valence-corrected chi connectivity index (χ3v) is 7.28. The Bertz CT molecular complexity index is 818. The number of fused-ring (bicyclic) bond motifs is 1. The van der Waals surface area contributed by atoms with Crippen molar-refractivity contribution in [2.24, 2.45) is 28.9 Å². The summed E-state index contributed by atoms with van der Waals surface area (Å²) in [5.41, 5.74) is 5.70. The minimum absolute atomic E-state index is 0.0876. The van der Waals surface area contributed by atoms with Crippen LogP contribution in [0.25, 0.3) is 0 Å². The zero-order chi connectivity index (χ0) is 24.7. The number of likely N-dealkylation sites (tertiary alicyclic amines) is 1. The van der Waals surface area contributed by atoms with E-state index in [1.807, 2.05) is 13.8 Å². The van der Waals surface area contributed by atoms with Crippen molar-refractivity contribution < 1.29 is 37.1 Å². The number of rotatable bonds is 9. The maximum atomic E-state index is 13.3. The van der Waals surface area contributed by atoms with Gasteiger partial charge >= 0.3 is 6.36 Å². The lowest BCUT2D eigenvalue weighted by molar-refractivity contribution is -0.321. The topological polar surface area (TPSA) is 131 Å². The highest BCUT2D eigenvalue weighted by Gasteiger charge is 2.69.